The molecule has 38 heavy (non-hydrogen) atoms. The van der Waals surface area contributed by atoms with Crippen molar-refractivity contribution in [3.63, 3.8) is 0 Å². The maximum atomic E-state index is 13.9. The van der Waals surface area contributed by atoms with E-state index < -0.39 is 28.5 Å². The van der Waals surface area contributed by atoms with E-state index in [1.54, 1.807) is 74.7 Å². The van der Waals surface area contributed by atoms with Gasteiger partial charge in [0.25, 0.3) is 10.0 Å². The molecule has 0 saturated heterocycles. The molecule has 2 amide bonds. The van der Waals surface area contributed by atoms with Crippen molar-refractivity contribution in [1.29, 1.82) is 0 Å². The van der Waals surface area contributed by atoms with E-state index >= 15 is 0 Å². The number of amides is 2. The largest absolute Gasteiger partial charge is 0.497 e. The Bertz CT molecular complexity index is 1350. The molecule has 0 radical (unpaired) electrons. The molecule has 202 valence electrons. The fourth-order valence-electron chi connectivity index (χ4n) is 3.81. The molecule has 8 nitrogen and oxygen atoms in total. The first-order chi connectivity index (χ1) is 18.0. The van der Waals surface area contributed by atoms with E-state index in [4.69, 9.17) is 4.74 Å². The van der Waals surface area contributed by atoms with E-state index in [0.717, 1.165) is 14.3 Å². The lowest BCUT2D eigenvalue weighted by atomic mass is 10.1. The van der Waals surface area contributed by atoms with E-state index in [9.17, 15) is 18.0 Å². The quantitative estimate of drug-likeness (QED) is 0.347. The predicted molar refractivity (Wildman–Crippen MR) is 151 cm³/mol. The molecule has 0 heterocycles. The Morgan fingerprint density at radius 2 is 1.61 bits per heavy atom. The van der Waals surface area contributed by atoms with E-state index in [-0.39, 0.29) is 23.4 Å². The number of hydrogen-bond acceptors (Lipinski definition) is 5. The monoisotopic (exact) mass is 601 g/mol. The van der Waals surface area contributed by atoms with Crippen LogP contribution < -0.4 is 14.4 Å². The number of nitrogens with one attached hydrogen (secondary N) is 1. The van der Waals surface area contributed by atoms with Gasteiger partial charge in [-0.25, -0.2) is 8.42 Å². The van der Waals surface area contributed by atoms with Gasteiger partial charge < -0.3 is 15.0 Å². The fraction of sp³-hybridized carbons (Fsp3) is 0.286. The highest BCUT2D eigenvalue weighted by atomic mass is 79.9. The zero-order chi connectivity index (χ0) is 27.9. The molecule has 1 atom stereocenters. The van der Waals surface area contributed by atoms with Crippen LogP contribution in [0.1, 0.15) is 26.3 Å². The lowest BCUT2D eigenvalue weighted by molar-refractivity contribution is -0.139. The SMILES string of the molecule is COc1cccc(CN(C(=O)CN(c2ccc(Br)cc2)S(=O)(=O)c2ccccc2)C(C)C(=O)NC(C)C)c1. The second-order valence-electron chi connectivity index (χ2n) is 9.01. The molecule has 3 aromatic carbocycles. The van der Waals surface area contributed by atoms with Gasteiger partial charge in [0.15, 0.2) is 0 Å². The Morgan fingerprint density at radius 1 is 0.947 bits per heavy atom. The topological polar surface area (TPSA) is 96.0 Å². The van der Waals surface area contributed by atoms with Crippen LogP contribution in [0.2, 0.25) is 0 Å². The minimum atomic E-state index is -4.09. The van der Waals surface area contributed by atoms with Crippen LogP contribution in [0.4, 0.5) is 5.69 Å². The zero-order valence-corrected chi connectivity index (χ0v) is 24.2. The molecule has 0 spiro atoms. The third-order valence-corrected chi connectivity index (χ3v) is 8.13. The lowest BCUT2D eigenvalue weighted by Crippen LogP contribution is -2.52. The van der Waals surface area contributed by atoms with Crippen LogP contribution in [0, 0.1) is 0 Å². The van der Waals surface area contributed by atoms with Gasteiger partial charge in [-0.1, -0.05) is 46.3 Å². The Kier molecular flexibility index (Phi) is 9.93. The second kappa shape index (κ2) is 12.9. The molecule has 0 aliphatic heterocycles. The summed E-state index contributed by atoms with van der Waals surface area (Å²) in [6.45, 7) is 4.89. The standard InChI is InChI=1S/C28H32BrN3O5S/c1-20(2)30-28(34)21(3)31(18-22-9-8-10-25(17-22)37-4)27(33)19-32(24-15-13-23(29)14-16-24)38(35,36)26-11-6-5-7-12-26/h5-17,20-21H,18-19H2,1-4H3,(H,30,34). The Balaban J connectivity index is 2.02. The molecule has 10 heteroatoms. The third kappa shape index (κ3) is 7.35. The molecule has 0 saturated carbocycles. The summed E-state index contributed by atoms with van der Waals surface area (Å²) in [5.74, 6) is -0.253. The molecule has 0 fully saturated rings. The van der Waals surface area contributed by atoms with Crippen molar-refractivity contribution in [2.75, 3.05) is 18.0 Å². The summed E-state index contributed by atoms with van der Waals surface area (Å²) in [4.78, 5) is 28.3. The van der Waals surface area contributed by atoms with Gasteiger partial charge in [-0.3, -0.25) is 13.9 Å². The van der Waals surface area contributed by atoms with Gasteiger partial charge in [0, 0.05) is 17.1 Å². The molecular weight excluding hydrogens is 570 g/mol. The van der Waals surface area contributed by atoms with Gasteiger partial charge in [-0.05, 0) is 74.9 Å². The first-order valence-electron chi connectivity index (χ1n) is 12.1. The number of nitrogens with zero attached hydrogens (tertiary/aromatic N) is 2. The summed E-state index contributed by atoms with van der Waals surface area (Å²) in [7, 11) is -2.55. The van der Waals surface area contributed by atoms with E-state index in [0.29, 0.717) is 11.4 Å². The normalized spacial score (nSPS) is 12.1. The van der Waals surface area contributed by atoms with Crippen molar-refractivity contribution < 1.29 is 22.7 Å². The molecule has 1 unspecified atom stereocenters. The maximum absolute atomic E-state index is 13.9. The second-order valence-corrected chi connectivity index (χ2v) is 11.8. The first kappa shape index (κ1) is 29.2. The highest BCUT2D eigenvalue weighted by Gasteiger charge is 2.32. The van der Waals surface area contributed by atoms with E-state index in [1.807, 2.05) is 19.9 Å². The van der Waals surface area contributed by atoms with Gasteiger partial charge >= 0.3 is 0 Å². The Hall–Kier alpha value is -3.37. The number of hydrogen-bond donors (Lipinski definition) is 1. The van der Waals surface area contributed by atoms with Crippen LogP contribution in [-0.2, 0) is 26.2 Å². The number of halogens is 1. The van der Waals surface area contributed by atoms with Crippen molar-refractivity contribution in [3.05, 3.63) is 88.9 Å². The van der Waals surface area contributed by atoms with Gasteiger partial charge in [-0.15, -0.1) is 0 Å². The number of methoxy groups -OCH3 is 1. The average molecular weight is 603 g/mol. The number of sulfonamides is 1. The average Bonchev–Trinajstić information content (AvgIpc) is 2.90. The summed E-state index contributed by atoms with van der Waals surface area (Å²) in [6, 6.07) is 20.8. The van der Waals surface area contributed by atoms with Crippen molar-refractivity contribution >= 4 is 43.5 Å². The van der Waals surface area contributed by atoms with Crippen LogP contribution >= 0.6 is 15.9 Å². The Morgan fingerprint density at radius 3 is 2.21 bits per heavy atom. The first-order valence-corrected chi connectivity index (χ1v) is 14.3. The van der Waals surface area contributed by atoms with Crippen LogP contribution in [0.15, 0.2) is 88.2 Å². The van der Waals surface area contributed by atoms with E-state index in [1.165, 1.54) is 17.0 Å². The summed E-state index contributed by atoms with van der Waals surface area (Å²) in [5, 5.41) is 2.84. The molecule has 3 aromatic rings. The third-order valence-electron chi connectivity index (χ3n) is 5.81. The Labute approximate surface area is 232 Å². The lowest BCUT2D eigenvalue weighted by Gasteiger charge is -2.32. The number of benzene rings is 3. The number of anilines is 1. The molecule has 1 N–H and O–H groups in total. The highest BCUT2D eigenvalue weighted by molar-refractivity contribution is 9.10. The number of carbonyl (C=O) groups is 2. The summed E-state index contributed by atoms with van der Waals surface area (Å²) in [6.07, 6.45) is 0. The number of ether oxygens (including phenoxy) is 1. The van der Waals surface area contributed by atoms with Crippen LogP contribution in [0.25, 0.3) is 0 Å². The van der Waals surface area contributed by atoms with Crippen LogP contribution in [-0.4, -0.2) is 50.9 Å². The van der Waals surface area contributed by atoms with Gasteiger partial charge in [0.1, 0.15) is 18.3 Å². The maximum Gasteiger partial charge on any atom is 0.264 e. The predicted octanol–water partition coefficient (Wildman–Crippen LogP) is 4.59. The van der Waals surface area contributed by atoms with Crippen molar-refractivity contribution in [3.8, 4) is 5.75 Å². The van der Waals surface area contributed by atoms with Gasteiger partial charge in [0.2, 0.25) is 11.8 Å². The molecular formula is C28H32BrN3O5S. The zero-order valence-electron chi connectivity index (χ0n) is 21.8. The highest BCUT2D eigenvalue weighted by Crippen LogP contribution is 2.26. The molecule has 0 aliphatic rings. The minimum Gasteiger partial charge on any atom is -0.497 e. The van der Waals surface area contributed by atoms with Gasteiger partial charge in [0.05, 0.1) is 17.7 Å². The smallest absolute Gasteiger partial charge is 0.264 e. The number of carbonyl (C=O) groups excluding carboxylic acids is 2. The van der Waals surface area contributed by atoms with E-state index in [2.05, 4.69) is 21.2 Å². The van der Waals surface area contributed by atoms with Crippen molar-refractivity contribution in [1.82, 2.24) is 10.2 Å². The molecule has 0 aliphatic carbocycles. The summed E-state index contributed by atoms with van der Waals surface area (Å²) >= 11 is 3.37. The van der Waals surface area contributed by atoms with Crippen molar-refractivity contribution in [2.45, 2.75) is 44.3 Å². The molecule has 0 aromatic heterocycles. The summed E-state index contributed by atoms with van der Waals surface area (Å²) < 4.78 is 34.6. The fourth-order valence-corrected chi connectivity index (χ4v) is 5.51. The van der Waals surface area contributed by atoms with Crippen molar-refractivity contribution in [2.24, 2.45) is 0 Å². The van der Waals surface area contributed by atoms with Gasteiger partial charge in [-0.2, -0.15) is 0 Å². The number of rotatable bonds is 11. The molecule has 0 bridgehead atoms. The minimum absolute atomic E-state index is 0.0562. The molecule has 3 rings (SSSR count). The summed E-state index contributed by atoms with van der Waals surface area (Å²) in [5.41, 5.74) is 1.06. The van der Waals surface area contributed by atoms with Crippen LogP contribution in [0.3, 0.4) is 0 Å². The van der Waals surface area contributed by atoms with Crippen LogP contribution in [0.5, 0.6) is 5.75 Å².